The Balaban J connectivity index is 1.20. The number of nitrogens with two attached hydrogens (primary N) is 1. The van der Waals surface area contributed by atoms with Gasteiger partial charge in [-0.05, 0) is 30.2 Å². The molecule has 6 rings (SSSR count). The quantitative estimate of drug-likeness (QED) is 0.174. The summed E-state index contributed by atoms with van der Waals surface area (Å²) in [6.07, 6.45) is 5.39. The van der Waals surface area contributed by atoms with Crippen molar-refractivity contribution in [1.29, 1.82) is 0 Å². The predicted octanol–water partition coefficient (Wildman–Crippen LogP) is 2.57. The molecule has 12 nitrogen and oxygen atoms in total. The fourth-order valence-electron chi connectivity index (χ4n) is 5.18. The van der Waals surface area contributed by atoms with Crippen molar-refractivity contribution in [2.45, 2.75) is 32.0 Å². The van der Waals surface area contributed by atoms with Gasteiger partial charge in [0.1, 0.15) is 30.6 Å². The van der Waals surface area contributed by atoms with Crippen LogP contribution in [0.1, 0.15) is 40.4 Å². The number of nitrogens with zero attached hydrogens (tertiary/aromatic N) is 5. The first-order chi connectivity index (χ1) is 21.3. The van der Waals surface area contributed by atoms with Crippen LogP contribution in [0.15, 0.2) is 78.0 Å². The van der Waals surface area contributed by atoms with Crippen LogP contribution in [0.2, 0.25) is 0 Å². The molecule has 2 aromatic carbocycles. The second-order valence-electron chi connectivity index (χ2n) is 10.3. The minimum absolute atomic E-state index is 0.0695. The number of rotatable bonds is 6. The van der Waals surface area contributed by atoms with Gasteiger partial charge in [0.25, 0.3) is 0 Å². The highest BCUT2D eigenvalue weighted by molar-refractivity contribution is 6.00. The number of piperidine rings is 1. The summed E-state index contributed by atoms with van der Waals surface area (Å²) in [5.41, 5.74) is 9.75. The SMILES string of the molecule is Cn1c(=O)n(C2CCC(=O)NC2=O)c2cccc(C#CCn3cc(-c4cnc(N)c(C(=O)OCc5ccccc5)c4)cn3)c21. The number of nitrogen functional groups attached to an aromatic ring is 1. The molecule has 44 heavy (non-hydrogen) atoms. The van der Waals surface area contributed by atoms with Crippen molar-refractivity contribution >= 4 is 34.6 Å². The van der Waals surface area contributed by atoms with Crippen LogP contribution in [0.5, 0.6) is 0 Å². The number of pyridine rings is 1. The second kappa shape index (κ2) is 11.7. The van der Waals surface area contributed by atoms with Gasteiger partial charge in [0.2, 0.25) is 11.8 Å². The van der Waals surface area contributed by atoms with Crippen LogP contribution in [0.3, 0.4) is 0 Å². The Hall–Kier alpha value is -5.96. The van der Waals surface area contributed by atoms with E-state index >= 15 is 0 Å². The highest BCUT2D eigenvalue weighted by Crippen LogP contribution is 2.25. The number of esters is 1. The molecule has 0 saturated carbocycles. The summed E-state index contributed by atoms with van der Waals surface area (Å²) in [5.74, 6) is 4.86. The number of carbonyl (C=O) groups is 3. The zero-order valence-corrected chi connectivity index (χ0v) is 23.7. The molecule has 4 heterocycles. The van der Waals surface area contributed by atoms with E-state index in [2.05, 4.69) is 27.2 Å². The lowest BCUT2D eigenvalue weighted by Crippen LogP contribution is -2.44. The first-order valence-corrected chi connectivity index (χ1v) is 13.8. The minimum atomic E-state index is -0.774. The van der Waals surface area contributed by atoms with Crippen molar-refractivity contribution in [2.24, 2.45) is 7.05 Å². The number of hydrogen-bond acceptors (Lipinski definition) is 8. The van der Waals surface area contributed by atoms with E-state index in [9.17, 15) is 19.2 Å². The molecule has 2 amide bonds. The average Bonchev–Trinajstić information content (AvgIpc) is 3.59. The molecule has 5 aromatic rings. The predicted molar refractivity (Wildman–Crippen MR) is 161 cm³/mol. The summed E-state index contributed by atoms with van der Waals surface area (Å²) in [7, 11) is 1.63. The van der Waals surface area contributed by atoms with Gasteiger partial charge in [0.15, 0.2) is 0 Å². The molecule has 220 valence electrons. The third kappa shape index (κ3) is 5.46. The van der Waals surface area contributed by atoms with Gasteiger partial charge in [-0.2, -0.15) is 5.10 Å². The number of carbonyl (C=O) groups excluding carboxylic acids is 3. The van der Waals surface area contributed by atoms with E-state index < -0.39 is 17.9 Å². The summed E-state index contributed by atoms with van der Waals surface area (Å²) < 4.78 is 9.95. The van der Waals surface area contributed by atoms with Crippen LogP contribution in [0.4, 0.5) is 5.82 Å². The van der Waals surface area contributed by atoms with E-state index in [1.807, 2.05) is 30.3 Å². The Morgan fingerprint density at radius 2 is 1.91 bits per heavy atom. The van der Waals surface area contributed by atoms with Crippen molar-refractivity contribution in [3.8, 4) is 23.0 Å². The molecule has 0 spiro atoms. The van der Waals surface area contributed by atoms with Gasteiger partial charge >= 0.3 is 11.7 Å². The van der Waals surface area contributed by atoms with Crippen LogP contribution in [0, 0.1) is 11.8 Å². The molecule has 3 aromatic heterocycles. The van der Waals surface area contributed by atoms with Crippen LogP contribution >= 0.6 is 0 Å². The Kier molecular flexibility index (Phi) is 7.51. The van der Waals surface area contributed by atoms with Crippen molar-refractivity contribution in [3.05, 3.63) is 100 Å². The Labute approximate surface area is 251 Å². The van der Waals surface area contributed by atoms with Crippen molar-refractivity contribution in [3.63, 3.8) is 0 Å². The molecule has 1 atom stereocenters. The number of anilines is 1. The summed E-state index contributed by atoms with van der Waals surface area (Å²) in [4.78, 5) is 54.2. The van der Waals surface area contributed by atoms with Crippen LogP contribution < -0.4 is 16.7 Å². The van der Waals surface area contributed by atoms with E-state index in [1.165, 1.54) is 9.13 Å². The highest BCUT2D eigenvalue weighted by atomic mass is 16.5. The van der Waals surface area contributed by atoms with E-state index in [1.54, 1.807) is 54.6 Å². The molecule has 3 N–H and O–H groups in total. The molecule has 0 radical (unpaired) electrons. The smallest absolute Gasteiger partial charge is 0.342 e. The number of para-hydroxylation sites is 1. The van der Waals surface area contributed by atoms with Gasteiger partial charge < -0.3 is 10.5 Å². The van der Waals surface area contributed by atoms with E-state index in [-0.39, 0.29) is 49.0 Å². The van der Waals surface area contributed by atoms with E-state index in [4.69, 9.17) is 10.5 Å². The lowest BCUT2D eigenvalue weighted by molar-refractivity contribution is -0.135. The molecular weight excluding hydrogens is 562 g/mol. The number of benzene rings is 2. The number of aryl methyl sites for hydroxylation is 1. The Morgan fingerprint density at radius 3 is 2.70 bits per heavy atom. The number of ether oxygens (including phenoxy) is 1. The maximum Gasteiger partial charge on any atom is 0.342 e. The van der Waals surface area contributed by atoms with Gasteiger partial charge in [-0.1, -0.05) is 48.2 Å². The standard InChI is InChI=1S/C32H27N7O5/c1-37-28-21(9-5-11-25(28)39(32(37)43)26-12-13-27(40)36-30(26)41)10-6-14-38-18-23(17-35-38)22-15-24(29(33)34-16-22)31(42)44-19-20-7-3-2-4-8-20/h2-5,7-9,11,15-18,26H,12-14,19H2,1H3,(H2,33,34)(H,36,40,41). The number of nitrogens with one attached hydrogen (secondary N) is 1. The monoisotopic (exact) mass is 589 g/mol. The summed E-state index contributed by atoms with van der Waals surface area (Å²) >= 11 is 0. The van der Waals surface area contributed by atoms with Crippen LogP contribution in [0.25, 0.3) is 22.2 Å². The fraction of sp³-hybridized carbons (Fsp3) is 0.188. The molecule has 1 aliphatic rings. The van der Waals surface area contributed by atoms with Crippen molar-refractivity contribution in [2.75, 3.05) is 5.73 Å². The maximum atomic E-state index is 13.1. The number of imide groups is 1. The average molecular weight is 590 g/mol. The fourth-order valence-corrected chi connectivity index (χ4v) is 5.18. The first kappa shape index (κ1) is 28.2. The Morgan fingerprint density at radius 1 is 1.09 bits per heavy atom. The molecule has 12 heteroatoms. The number of aromatic nitrogens is 5. The normalized spacial score (nSPS) is 14.6. The highest BCUT2D eigenvalue weighted by Gasteiger charge is 2.31. The van der Waals surface area contributed by atoms with Crippen molar-refractivity contribution in [1.82, 2.24) is 29.2 Å². The zero-order valence-electron chi connectivity index (χ0n) is 23.7. The molecule has 1 aliphatic heterocycles. The lowest BCUT2D eigenvalue weighted by atomic mass is 10.1. The number of amides is 2. The third-order valence-corrected chi connectivity index (χ3v) is 7.41. The third-order valence-electron chi connectivity index (χ3n) is 7.41. The number of fused-ring (bicyclic) bond motifs is 1. The Bertz CT molecular complexity index is 2050. The number of hydrogen-bond donors (Lipinski definition) is 2. The first-order valence-electron chi connectivity index (χ1n) is 13.8. The summed E-state index contributed by atoms with van der Waals surface area (Å²) in [6.45, 7) is 0.357. The van der Waals surface area contributed by atoms with E-state index in [0.717, 1.165) is 5.56 Å². The molecule has 1 saturated heterocycles. The van der Waals surface area contributed by atoms with Crippen LogP contribution in [-0.4, -0.2) is 41.7 Å². The van der Waals surface area contributed by atoms with Gasteiger partial charge in [-0.15, -0.1) is 0 Å². The molecule has 1 fully saturated rings. The van der Waals surface area contributed by atoms with Gasteiger partial charge in [0.05, 0.1) is 22.8 Å². The lowest BCUT2D eigenvalue weighted by Gasteiger charge is -2.21. The minimum Gasteiger partial charge on any atom is -0.457 e. The number of imidazole rings is 1. The molecule has 0 aliphatic carbocycles. The molecule has 1 unspecified atom stereocenters. The van der Waals surface area contributed by atoms with Gasteiger partial charge in [-0.25, -0.2) is 14.6 Å². The van der Waals surface area contributed by atoms with Crippen molar-refractivity contribution < 1.29 is 19.1 Å². The topological polar surface area (TPSA) is 156 Å². The van der Waals surface area contributed by atoms with Gasteiger partial charge in [0, 0.05) is 37.0 Å². The van der Waals surface area contributed by atoms with Gasteiger partial charge in [-0.3, -0.25) is 28.7 Å². The molecular formula is C32H27N7O5. The summed E-state index contributed by atoms with van der Waals surface area (Å²) in [5, 5.41) is 6.69. The van der Waals surface area contributed by atoms with Crippen LogP contribution in [-0.2, 0) is 34.5 Å². The second-order valence-corrected chi connectivity index (χ2v) is 10.3. The van der Waals surface area contributed by atoms with E-state index in [0.29, 0.717) is 27.7 Å². The summed E-state index contributed by atoms with van der Waals surface area (Å²) in [6, 6.07) is 15.5. The largest absolute Gasteiger partial charge is 0.457 e. The molecule has 0 bridgehead atoms. The maximum absolute atomic E-state index is 13.1. The zero-order chi connectivity index (χ0) is 30.8.